The molecule has 0 aromatic carbocycles. The fraction of sp³-hybridized carbons (Fsp3) is 0.303. The van der Waals surface area contributed by atoms with Crippen LogP contribution in [0.5, 0.6) is 0 Å². The average molecular weight is 547 g/mol. The number of hydrogen-bond donors (Lipinski definition) is 1. The van der Waals surface area contributed by atoms with E-state index in [1.54, 1.807) is 6.08 Å². The van der Waals surface area contributed by atoms with E-state index >= 15 is 0 Å². The number of fused-ring (bicyclic) bond motifs is 4. The number of Topliss-reactive ketones (excluding diaryl/α,β-unsaturated/α-hetero) is 1. The molecule has 1 fully saturated rings. The van der Waals surface area contributed by atoms with Gasteiger partial charge in [-0.05, 0) is 61.6 Å². The smallest absolute Gasteiger partial charge is 0.303 e. The summed E-state index contributed by atoms with van der Waals surface area (Å²) in [6, 6.07) is 0. The molecule has 5 aliphatic heterocycles. The van der Waals surface area contributed by atoms with Gasteiger partial charge in [-0.15, -0.1) is 0 Å². The monoisotopic (exact) mass is 546 g/mol. The first-order valence-electron chi connectivity index (χ1n) is 13.9. The number of carboxylic acids is 1. The number of carbonyl (C=O) groups excluding carboxylic acids is 2. The molecule has 0 amide bonds. The number of aliphatic carboxylic acids is 1. The van der Waals surface area contributed by atoms with Gasteiger partial charge in [0.2, 0.25) is 0 Å². The van der Waals surface area contributed by atoms with Crippen molar-refractivity contribution in [2.24, 2.45) is 31.8 Å². The maximum atomic E-state index is 13.3. The summed E-state index contributed by atoms with van der Waals surface area (Å²) in [5.74, 6) is -1.15. The first-order valence-corrected chi connectivity index (χ1v) is 13.9. The number of aldehydes is 1. The molecule has 6 rings (SSSR count). The van der Waals surface area contributed by atoms with Crippen molar-refractivity contribution in [2.45, 2.75) is 53.4 Å². The van der Waals surface area contributed by atoms with Crippen molar-refractivity contribution in [2.75, 3.05) is 0 Å². The number of carbonyl (C=O) groups is 3. The largest absolute Gasteiger partial charge is 0.481 e. The molecule has 0 saturated heterocycles. The highest BCUT2D eigenvalue weighted by Crippen LogP contribution is 2.45. The van der Waals surface area contributed by atoms with Gasteiger partial charge in [0.25, 0.3) is 0 Å². The van der Waals surface area contributed by atoms with Crippen LogP contribution in [0.3, 0.4) is 0 Å². The SMILES string of the molecule is C=CC1=C(C)C2=CC3=NC(=C4CC(=O)C5=C(C)C(=CC6=NC(=CC1=N2)C(C=O)=C6CC)N=C45)[C@@H](CCC(=O)O)[C@@H]3C. The summed E-state index contributed by atoms with van der Waals surface area (Å²) in [5.41, 5.74) is 10.5. The maximum absolute atomic E-state index is 13.3. The van der Waals surface area contributed by atoms with Crippen molar-refractivity contribution in [1.82, 2.24) is 0 Å². The molecule has 41 heavy (non-hydrogen) atoms. The Morgan fingerprint density at radius 2 is 1.73 bits per heavy atom. The van der Waals surface area contributed by atoms with Gasteiger partial charge in [-0.2, -0.15) is 0 Å². The average Bonchev–Trinajstić information content (AvgIpc) is 3.69. The molecule has 1 aliphatic carbocycles. The summed E-state index contributed by atoms with van der Waals surface area (Å²) in [6.07, 6.45) is 9.38. The Hall–Kier alpha value is -4.59. The van der Waals surface area contributed by atoms with Crippen LogP contribution in [0.2, 0.25) is 0 Å². The highest BCUT2D eigenvalue weighted by Gasteiger charge is 2.42. The Kier molecular flexibility index (Phi) is 6.36. The van der Waals surface area contributed by atoms with Gasteiger partial charge in [-0.25, -0.2) is 15.0 Å². The van der Waals surface area contributed by atoms with Crippen LogP contribution < -0.4 is 0 Å². The van der Waals surface area contributed by atoms with Gasteiger partial charge in [0, 0.05) is 52.7 Å². The minimum atomic E-state index is -0.869. The third-order valence-corrected chi connectivity index (χ3v) is 8.74. The predicted octanol–water partition coefficient (Wildman–Crippen LogP) is 5.54. The predicted molar refractivity (Wildman–Crippen MR) is 159 cm³/mol. The number of nitrogens with zero attached hydrogens (tertiary/aromatic N) is 4. The van der Waals surface area contributed by atoms with Crippen LogP contribution in [0.15, 0.2) is 113 Å². The third kappa shape index (κ3) is 4.08. The molecule has 2 atom stereocenters. The Morgan fingerprint density at radius 3 is 2.41 bits per heavy atom. The standard InChI is InChI=1S/C33H30N4O4/c1-6-18-15(3)23-11-24-16(4)20(8-9-30(40)41)32(36-24)21-10-29(39)31-17(5)25(37-33(21)31)12-27-19(7-2)22(14-38)28(35-27)13-26(18)34-23/h6,11-14,16,20H,1,7-10H2,2-5H3,(H,40,41)/t16-,20-/m0/s1. The second-order valence-corrected chi connectivity index (χ2v) is 11.0. The zero-order valence-corrected chi connectivity index (χ0v) is 23.5. The van der Waals surface area contributed by atoms with Crippen LogP contribution in [-0.4, -0.2) is 46.0 Å². The van der Waals surface area contributed by atoms with E-state index in [0.717, 1.165) is 51.3 Å². The minimum absolute atomic E-state index is 0.00110. The second-order valence-electron chi connectivity index (χ2n) is 11.0. The first-order chi connectivity index (χ1) is 19.7. The van der Waals surface area contributed by atoms with E-state index < -0.39 is 5.97 Å². The van der Waals surface area contributed by atoms with Gasteiger partial charge in [-0.3, -0.25) is 19.4 Å². The normalized spacial score (nSPS) is 24.9. The number of allylic oxidation sites excluding steroid dienone is 12. The second kappa shape index (κ2) is 9.80. The van der Waals surface area contributed by atoms with Crippen LogP contribution in [0.25, 0.3) is 0 Å². The third-order valence-electron chi connectivity index (χ3n) is 8.74. The molecule has 6 aliphatic rings. The van der Waals surface area contributed by atoms with Crippen LogP contribution in [-0.2, 0) is 14.4 Å². The molecule has 8 bridgehead atoms. The molecule has 0 spiro atoms. The molecule has 5 heterocycles. The van der Waals surface area contributed by atoms with Crippen molar-refractivity contribution in [3.63, 3.8) is 0 Å². The molecule has 8 heteroatoms. The number of hydrogen-bond acceptors (Lipinski definition) is 7. The Balaban J connectivity index is 1.65. The van der Waals surface area contributed by atoms with Crippen LogP contribution in [0, 0.1) is 11.8 Å². The summed E-state index contributed by atoms with van der Waals surface area (Å²) < 4.78 is 0. The lowest BCUT2D eigenvalue weighted by Gasteiger charge is -2.17. The Bertz CT molecular complexity index is 1740. The van der Waals surface area contributed by atoms with Crippen LogP contribution in [0.4, 0.5) is 0 Å². The maximum Gasteiger partial charge on any atom is 0.303 e. The summed E-state index contributed by atoms with van der Waals surface area (Å²) >= 11 is 0. The van der Waals surface area contributed by atoms with E-state index in [9.17, 15) is 19.5 Å². The molecule has 206 valence electrons. The molecular formula is C33H30N4O4. The lowest BCUT2D eigenvalue weighted by molar-refractivity contribution is -0.137. The van der Waals surface area contributed by atoms with E-state index in [1.165, 1.54) is 0 Å². The minimum Gasteiger partial charge on any atom is -0.481 e. The Labute approximate surface area is 238 Å². The highest BCUT2D eigenvalue weighted by atomic mass is 16.4. The zero-order chi connectivity index (χ0) is 29.2. The molecular weight excluding hydrogens is 516 g/mol. The van der Waals surface area contributed by atoms with E-state index in [0.29, 0.717) is 52.5 Å². The number of aliphatic imine (C=N–C) groups is 4. The molecule has 0 radical (unpaired) electrons. The number of ketones is 1. The Morgan fingerprint density at radius 1 is 1.02 bits per heavy atom. The molecule has 0 aromatic rings. The zero-order valence-electron chi connectivity index (χ0n) is 23.5. The van der Waals surface area contributed by atoms with Gasteiger partial charge in [0.1, 0.15) is 0 Å². The molecule has 1 saturated carbocycles. The van der Waals surface area contributed by atoms with Crippen molar-refractivity contribution in [3.05, 3.63) is 92.7 Å². The molecule has 0 aromatic heterocycles. The summed E-state index contributed by atoms with van der Waals surface area (Å²) in [5, 5.41) is 9.48. The summed E-state index contributed by atoms with van der Waals surface area (Å²) in [7, 11) is 0. The van der Waals surface area contributed by atoms with Crippen LogP contribution in [0.1, 0.15) is 53.4 Å². The van der Waals surface area contributed by atoms with Gasteiger partial charge in [0.15, 0.2) is 12.1 Å². The van der Waals surface area contributed by atoms with E-state index in [4.69, 9.17) is 20.0 Å². The topological polar surface area (TPSA) is 121 Å². The van der Waals surface area contributed by atoms with Crippen LogP contribution >= 0.6 is 0 Å². The van der Waals surface area contributed by atoms with Gasteiger partial charge in [0.05, 0.1) is 39.9 Å². The van der Waals surface area contributed by atoms with Crippen molar-refractivity contribution in [3.8, 4) is 0 Å². The van der Waals surface area contributed by atoms with Gasteiger partial charge < -0.3 is 5.11 Å². The van der Waals surface area contributed by atoms with Gasteiger partial charge in [-0.1, -0.05) is 26.5 Å². The fourth-order valence-corrected chi connectivity index (χ4v) is 6.49. The number of rotatable bonds is 6. The summed E-state index contributed by atoms with van der Waals surface area (Å²) in [4.78, 5) is 56.9. The van der Waals surface area contributed by atoms with E-state index in [1.807, 2.05) is 45.9 Å². The first kappa shape index (κ1) is 26.6. The lowest BCUT2D eigenvalue weighted by Crippen LogP contribution is -2.17. The van der Waals surface area contributed by atoms with E-state index in [2.05, 4.69) is 6.58 Å². The highest BCUT2D eigenvalue weighted by molar-refractivity contribution is 6.38. The van der Waals surface area contributed by atoms with Crippen molar-refractivity contribution in [1.29, 1.82) is 0 Å². The molecule has 1 N–H and O–H groups in total. The summed E-state index contributed by atoms with van der Waals surface area (Å²) in [6.45, 7) is 11.9. The quantitative estimate of drug-likeness (QED) is 0.440. The van der Waals surface area contributed by atoms with Gasteiger partial charge >= 0.3 is 5.97 Å². The van der Waals surface area contributed by atoms with Crippen molar-refractivity contribution >= 4 is 40.9 Å². The van der Waals surface area contributed by atoms with E-state index in [-0.39, 0.29) is 30.5 Å². The van der Waals surface area contributed by atoms with Crippen molar-refractivity contribution < 1.29 is 19.5 Å². The molecule has 0 unspecified atom stereocenters. The number of carboxylic acid groups (broad SMARTS) is 1. The molecule has 8 nitrogen and oxygen atoms in total. The fourth-order valence-electron chi connectivity index (χ4n) is 6.49. The lowest BCUT2D eigenvalue weighted by atomic mass is 9.84.